The third kappa shape index (κ3) is 5.03. The molecule has 1 unspecified atom stereocenters. The highest BCUT2D eigenvalue weighted by atomic mass is 16.2. The number of hydrogen-bond acceptors (Lipinski definition) is 2. The molecule has 0 fully saturated rings. The average Bonchev–Trinajstić information content (AvgIpc) is 2.33. The quantitative estimate of drug-likeness (QED) is 0.798. The molecule has 0 aliphatic rings. The Morgan fingerprint density at radius 2 is 1.79 bits per heavy atom. The summed E-state index contributed by atoms with van der Waals surface area (Å²) >= 11 is 0. The molecule has 3 heteroatoms. The van der Waals surface area contributed by atoms with E-state index in [9.17, 15) is 4.79 Å². The molecule has 0 saturated heterocycles. The lowest BCUT2D eigenvalue weighted by Gasteiger charge is -2.31. The summed E-state index contributed by atoms with van der Waals surface area (Å²) in [5.41, 5.74) is 7.95. The van der Waals surface area contributed by atoms with Gasteiger partial charge in [0, 0.05) is 11.6 Å². The summed E-state index contributed by atoms with van der Waals surface area (Å²) in [5.74, 6) is -0.0784. The van der Waals surface area contributed by atoms with E-state index in [4.69, 9.17) is 0 Å². The Balaban J connectivity index is 2.59. The zero-order valence-electron chi connectivity index (χ0n) is 12.7. The fourth-order valence-corrected chi connectivity index (χ4v) is 1.94. The molecule has 0 aliphatic heterocycles. The Hall–Kier alpha value is -1.35. The molecule has 19 heavy (non-hydrogen) atoms. The van der Waals surface area contributed by atoms with Gasteiger partial charge in [-0.1, -0.05) is 51.8 Å². The number of amides is 1. The molecule has 1 rings (SSSR count). The van der Waals surface area contributed by atoms with Crippen LogP contribution >= 0.6 is 0 Å². The van der Waals surface area contributed by atoms with Gasteiger partial charge in [0.15, 0.2) is 0 Å². The van der Waals surface area contributed by atoms with E-state index in [1.165, 1.54) is 0 Å². The third-order valence-corrected chi connectivity index (χ3v) is 3.30. The van der Waals surface area contributed by atoms with Crippen LogP contribution in [0.25, 0.3) is 0 Å². The van der Waals surface area contributed by atoms with Gasteiger partial charge in [-0.25, -0.2) is 5.43 Å². The maximum absolute atomic E-state index is 12.0. The SMILES string of the molecule is CCCC(NNC(=O)c1ccc(C)cc1)C(C)(C)C. The van der Waals surface area contributed by atoms with E-state index in [-0.39, 0.29) is 17.4 Å². The maximum Gasteiger partial charge on any atom is 0.265 e. The number of carbonyl (C=O) groups excluding carboxylic acids is 1. The number of hydrogen-bond donors (Lipinski definition) is 2. The predicted molar refractivity (Wildman–Crippen MR) is 79.9 cm³/mol. The van der Waals surface area contributed by atoms with Crippen LogP contribution in [0.3, 0.4) is 0 Å². The second-order valence-electron chi connectivity index (χ2n) is 6.17. The molecular weight excluding hydrogens is 236 g/mol. The van der Waals surface area contributed by atoms with Gasteiger partial charge in [-0.15, -0.1) is 0 Å². The molecule has 0 spiro atoms. The van der Waals surface area contributed by atoms with Gasteiger partial charge < -0.3 is 0 Å². The first kappa shape index (κ1) is 15.7. The van der Waals surface area contributed by atoms with Gasteiger partial charge in [0.1, 0.15) is 0 Å². The first-order valence-electron chi connectivity index (χ1n) is 6.97. The summed E-state index contributed by atoms with van der Waals surface area (Å²) in [6.45, 7) is 10.7. The average molecular weight is 262 g/mol. The molecule has 0 heterocycles. The van der Waals surface area contributed by atoms with Crippen molar-refractivity contribution >= 4 is 5.91 Å². The van der Waals surface area contributed by atoms with Gasteiger partial charge in [0.2, 0.25) is 0 Å². The highest BCUT2D eigenvalue weighted by Gasteiger charge is 2.23. The van der Waals surface area contributed by atoms with E-state index in [0.717, 1.165) is 18.4 Å². The molecule has 1 amide bonds. The number of carbonyl (C=O) groups is 1. The van der Waals surface area contributed by atoms with Gasteiger partial charge in [-0.3, -0.25) is 10.2 Å². The van der Waals surface area contributed by atoms with Crippen LogP contribution in [-0.4, -0.2) is 11.9 Å². The Morgan fingerprint density at radius 3 is 2.26 bits per heavy atom. The third-order valence-electron chi connectivity index (χ3n) is 3.30. The minimum absolute atomic E-state index is 0.0784. The highest BCUT2D eigenvalue weighted by molar-refractivity contribution is 5.93. The van der Waals surface area contributed by atoms with Crippen molar-refractivity contribution in [3.8, 4) is 0 Å². The summed E-state index contributed by atoms with van der Waals surface area (Å²) < 4.78 is 0. The number of aryl methyl sites for hydroxylation is 1. The van der Waals surface area contributed by atoms with Crippen LogP contribution in [0, 0.1) is 12.3 Å². The standard InChI is InChI=1S/C16H26N2O/c1-6-7-14(16(3,4)5)17-18-15(19)13-10-8-12(2)9-11-13/h8-11,14,17H,6-7H2,1-5H3,(H,18,19). The van der Waals surface area contributed by atoms with Crippen molar-refractivity contribution in [1.29, 1.82) is 0 Å². The highest BCUT2D eigenvalue weighted by Crippen LogP contribution is 2.22. The second-order valence-corrected chi connectivity index (χ2v) is 6.17. The van der Waals surface area contributed by atoms with Gasteiger partial charge >= 0.3 is 0 Å². The van der Waals surface area contributed by atoms with Crippen LogP contribution < -0.4 is 10.9 Å². The van der Waals surface area contributed by atoms with E-state index in [0.29, 0.717) is 5.56 Å². The second kappa shape index (κ2) is 6.71. The van der Waals surface area contributed by atoms with Crippen molar-refractivity contribution in [3.63, 3.8) is 0 Å². The molecule has 0 radical (unpaired) electrons. The van der Waals surface area contributed by atoms with Crippen molar-refractivity contribution in [2.75, 3.05) is 0 Å². The van der Waals surface area contributed by atoms with Crippen molar-refractivity contribution in [3.05, 3.63) is 35.4 Å². The number of nitrogens with one attached hydrogen (secondary N) is 2. The van der Waals surface area contributed by atoms with E-state index < -0.39 is 0 Å². The first-order valence-corrected chi connectivity index (χ1v) is 6.97. The Kier molecular flexibility index (Phi) is 5.55. The number of benzene rings is 1. The minimum Gasteiger partial charge on any atom is -0.287 e. The maximum atomic E-state index is 12.0. The lowest BCUT2D eigenvalue weighted by Crippen LogP contribution is -2.50. The molecular formula is C16H26N2O. The zero-order valence-corrected chi connectivity index (χ0v) is 12.7. The van der Waals surface area contributed by atoms with E-state index >= 15 is 0 Å². The van der Waals surface area contributed by atoms with Crippen molar-refractivity contribution in [2.24, 2.45) is 5.41 Å². The molecule has 106 valence electrons. The molecule has 1 atom stereocenters. The van der Waals surface area contributed by atoms with Gasteiger partial charge in [0.25, 0.3) is 5.91 Å². The fourth-order valence-electron chi connectivity index (χ4n) is 1.94. The van der Waals surface area contributed by atoms with E-state index in [1.807, 2.05) is 31.2 Å². The van der Waals surface area contributed by atoms with Crippen LogP contribution in [0.5, 0.6) is 0 Å². The van der Waals surface area contributed by atoms with Crippen molar-refractivity contribution in [1.82, 2.24) is 10.9 Å². The fraction of sp³-hybridized carbons (Fsp3) is 0.562. The largest absolute Gasteiger partial charge is 0.287 e. The van der Waals surface area contributed by atoms with Gasteiger partial charge in [0.05, 0.1) is 0 Å². The monoisotopic (exact) mass is 262 g/mol. The molecule has 0 aliphatic carbocycles. The lowest BCUT2D eigenvalue weighted by molar-refractivity contribution is 0.0904. The predicted octanol–water partition coefficient (Wildman–Crippen LogP) is 3.44. The van der Waals surface area contributed by atoms with Crippen LogP contribution in [0.15, 0.2) is 24.3 Å². The summed E-state index contributed by atoms with van der Waals surface area (Å²) in [7, 11) is 0. The van der Waals surface area contributed by atoms with Crippen molar-refractivity contribution in [2.45, 2.75) is 53.5 Å². The van der Waals surface area contributed by atoms with E-state index in [1.54, 1.807) is 0 Å². The summed E-state index contributed by atoms with van der Waals surface area (Å²) in [5, 5.41) is 0. The molecule has 0 bridgehead atoms. The molecule has 0 saturated carbocycles. The lowest BCUT2D eigenvalue weighted by atomic mass is 9.84. The normalized spacial score (nSPS) is 13.1. The van der Waals surface area contributed by atoms with Crippen LogP contribution in [0.2, 0.25) is 0 Å². The topological polar surface area (TPSA) is 41.1 Å². The summed E-state index contributed by atoms with van der Waals surface area (Å²) in [4.78, 5) is 12.0. The molecule has 3 nitrogen and oxygen atoms in total. The Labute approximate surface area is 116 Å². The number of rotatable bonds is 5. The zero-order chi connectivity index (χ0) is 14.5. The van der Waals surface area contributed by atoms with Crippen molar-refractivity contribution < 1.29 is 4.79 Å². The first-order chi connectivity index (χ1) is 8.84. The molecule has 0 aromatic heterocycles. The minimum atomic E-state index is -0.0784. The molecule has 1 aromatic carbocycles. The van der Waals surface area contributed by atoms with Crippen LogP contribution in [0.4, 0.5) is 0 Å². The molecule has 1 aromatic rings. The van der Waals surface area contributed by atoms with Crippen LogP contribution in [-0.2, 0) is 0 Å². The number of hydrazine groups is 1. The van der Waals surface area contributed by atoms with E-state index in [2.05, 4.69) is 38.5 Å². The van der Waals surface area contributed by atoms with Gasteiger partial charge in [-0.2, -0.15) is 0 Å². The smallest absolute Gasteiger partial charge is 0.265 e. The van der Waals surface area contributed by atoms with Gasteiger partial charge in [-0.05, 0) is 30.9 Å². The summed E-state index contributed by atoms with van der Waals surface area (Å²) in [6.07, 6.45) is 2.13. The molecule has 2 N–H and O–H groups in total. The Morgan fingerprint density at radius 1 is 1.21 bits per heavy atom. The van der Waals surface area contributed by atoms with Crippen LogP contribution in [0.1, 0.15) is 56.5 Å². The Bertz CT molecular complexity index is 404. The summed E-state index contributed by atoms with van der Waals surface area (Å²) in [6, 6.07) is 7.85.